The van der Waals surface area contributed by atoms with Gasteiger partial charge >= 0.3 is 30.4 Å². The molecule has 1 atom stereocenters. The third kappa shape index (κ3) is 15.6. The number of aliphatic carboxylic acids is 1. The van der Waals surface area contributed by atoms with Crippen LogP contribution in [0.5, 0.6) is 11.5 Å². The van der Waals surface area contributed by atoms with Crippen LogP contribution in [0.4, 0.5) is 42.5 Å². The van der Waals surface area contributed by atoms with Gasteiger partial charge in [-0.25, -0.2) is 14.2 Å². The second-order valence-electron chi connectivity index (χ2n) is 22.2. The highest BCUT2D eigenvalue weighted by molar-refractivity contribution is 5.98. The normalized spacial score (nSPS) is 13.8. The molecular weight excluding hydrogens is 1110 g/mol. The number of carboxylic acid groups (broad SMARTS) is 1. The van der Waals surface area contributed by atoms with E-state index >= 15 is 0 Å². The first-order valence-electron chi connectivity index (χ1n) is 27.3. The summed E-state index contributed by atoms with van der Waals surface area (Å²) in [7, 11) is 0. The Hall–Kier alpha value is -8.41. The van der Waals surface area contributed by atoms with Crippen LogP contribution in [0.25, 0.3) is 11.4 Å². The molecule has 0 saturated heterocycles. The van der Waals surface area contributed by atoms with Crippen LogP contribution in [-0.4, -0.2) is 110 Å². The molecule has 0 radical (unpaired) electrons. The van der Waals surface area contributed by atoms with Gasteiger partial charge in [0, 0.05) is 48.7 Å². The minimum Gasteiger partial charge on any atom is -0.489 e. The topological polar surface area (TPSA) is 200 Å². The number of nitrogens with one attached hydrogen (secondary N) is 1. The van der Waals surface area contributed by atoms with E-state index in [1.165, 1.54) is 23.1 Å². The first-order chi connectivity index (χ1) is 39.6. The highest BCUT2D eigenvalue weighted by Crippen LogP contribution is 2.39. The van der Waals surface area contributed by atoms with Crippen molar-refractivity contribution in [1.82, 2.24) is 29.8 Å². The summed E-state index contributed by atoms with van der Waals surface area (Å²) >= 11 is 0. The van der Waals surface area contributed by atoms with Gasteiger partial charge in [-0.3, -0.25) is 24.1 Å². The third-order valence-electron chi connectivity index (χ3n) is 14.1. The number of halogens is 6. The van der Waals surface area contributed by atoms with E-state index in [-0.39, 0.29) is 79.1 Å². The van der Waals surface area contributed by atoms with E-state index in [0.29, 0.717) is 60.5 Å². The molecule has 4 heterocycles. The van der Waals surface area contributed by atoms with Crippen LogP contribution in [0.3, 0.4) is 0 Å². The Morgan fingerprint density at radius 3 is 1.77 bits per heavy atom. The molecule has 2 aromatic heterocycles. The van der Waals surface area contributed by atoms with Gasteiger partial charge in [-0.05, 0) is 144 Å². The number of para-hydroxylation sites is 1. The molecule has 2 aliphatic heterocycles. The summed E-state index contributed by atoms with van der Waals surface area (Å²) in [5.74, 6) is -1.99. The van der Waals surface area contributed by atoms with E-state index in [2.05, 4.69) is 15.5 Å². The van der Waals surface area contributed by atoms with E-state index in [1.807, 2.05) is 6.92 Å². The van der Waals surface area contributed by atoms with Crippen LogP contribution in [0, 0.1) is 0 Å². The van der Waals surface area contributed by atoms with Crippen LogP contribution in [0.1, 0.15) is 112 Å². The minimum atomic E-state index is -4.82. The number of anilines is 2. The smallest absolute Gasteiger partial charge is 0.433 e. The first kappa shape index (κ1) is 61.7. The zero-order chi connectivity index (χ0) is 60.7. The SMILES string of the molecule is C[C@@H](CCC(C)(C)OC(=O)CCN(CC(=O)N1CCc2cc(OCc3cnn(-c4ccccc4)c3C(F)(F)F)ccc21)C(=O)OC(C)(C)C)c1cccc(-n2ncc(COc3ccc4c(c3)CCN4C(=O)CNCCC(=O)O)c2C(F)(F)F)c1. The lowest BCUT2D eigenvalue weighted by Crippen LogP contribution is -2.45. The maximum atomic E-state index is 14.8. The molecule has 0 unspecified atom stereocenters. The van der Waals surface area contributed by atoms with Crippen molar-refractivity contribution in [3.8, 4) is 22.9 Å². The fourth-order valence-electron chi connectivity index (χ4n) is 9.94. The monoisotopic (exact) mass is 1170 g/mol. The fourth-order valence-corrected chi connectivity index (χ4v) is 9.94. The molecule has 448 valence electrons. The molecule has 8 rings (SSSR count). The molecule has 0 spiro atoms. The quantitative estimate of drug-likeness (QED) is 0.0349. The largest absolute Gasteiger partial charge is 0.489 e. The predicted molar refractivity (Wildman–Crippen MR) is 296 cm³/mol. The lowest BCUT2D eigenvalue weighted by Gasteiger charge is -2.30. The van der Waals surface area contributed by atoms with Crippen molar-refractivity contribution >= 4 is 41.2 Å². The van der Waals surface area contributed by atoms with Crippen molar-refractivity contribution in [2.75, 3.05) is 49.1 Å². The van der Waals surface area contributed by atoms with E-state index < -0.39 is 78.6 Å². The van der Waals surface area contributed by atoms with Gasteiger partial charge in [0.05, 0.1) is 43.2 Å². The van der Waals surface area contributed by atoms with Crippen molar-refractivity contribution in [2.45, 2.75) is 123 Å². The maximum absolute atomic E-state index is 14.8. The Labute approximate surface area is 481 Å². The van der Waals surface area contributed by atoms with Crippen LogP contribution in [0.15, 0.2) is 103 Å². The maximum Gasteiger partial charge on any atom is 0.433 e. The second-order valence-corrected chi connectivity index (χ2v) is 22.2. The number of fused-ring (bicyclic) bond motifs is 2. The number of ether oxygens (including phenoxy) is 4. The van der Waals surface area contributed by atoms with E-state index in [9.17, 15) is 50.3 Å². The van der Waals surface area contributed by atoms with Gasteiger partial charge in [-0.15, -0.1) is 0 Å². The van der Waals surface area contributed by atoms with Crippen molar-refractivity contribution < 1.29 is 74.4 Å². The van der Waals surface area contributed by atoms with Gasteiger partial charge < -0.3 is 39.2 Å². The van der Waals surface area contributed by atoms with Crippen molar-refractivity contribution in [2.24, 2.45) is 0 Å². The van der Waals surface area contributed by atoms with Crippen molar-refractivity contribution in [1.29, 1.82) is 0 Å². The molecule has 0 aliphatic carbocycles. The summed E-state index contributed by atoms with van der Waals surface area (Å²) in [5, 5.41) is 19.8. The Morgan fingerprint density at radius 1 is 0.679 bits per heavy atom. The van der Waals surface area contributed by atoms with Crippen LogP contribution < -0.4 is 24.6 Å². The Bertz CT molecular complexity index is 3360. The van der Waals surface area contributed by atoms with Crippen molar-refractivity contribution in [3.63, 3.8) is 0 Å². The number of nitrogens with zero attached hydrogens (tertiary/aromatic N) is 7. The number of carbonyl (C=O) groups is 5. The zero-order valence-electron chi connectivity index (χ0n) is 47.3. The van der Waals surface area contributed by atoms with E-state index in [0.717, 1.165) is 32.2 Å². The van der Waals surface area contributed by atoms with Crippen LogP contribution in [0.2, 0.25) is 0 Å². The molecule has 4 aromatic carbocycles. The standard InChI is InChI=1S/C60H66F6N8O10/c1-38(39-11-10-14-45(29-39)74-55(60(64,65)66)43(33-69-74)37-82-46-15-17-48-40(30-46)21-27-71(48)50(75)34-67-25-20-52(77)78)19-24-58(5,6)83-53(79)23-26-70(56(80)84-57(2,3)4)35-51(76)72-28-22-41-31-47(16-18-49(41)72)81-36-42-32-68-73(54(42)59(61,62)63)44-12-8-7-9-13-44/h7-18,29-33,38,67H,19-28,34-37H2,1-6H3,(H,77,78)/t38-/m0/s1. The molecule has 0 fully saturated rings. The fraction of sp³-hybridized carbons (Fsp3) is 0.417. The molecule has 0 bridgehead atoms. The molecule has 84 heavy (non-hydrogen) atoms. The number of rotatable bonds is 23. The molecule has 24 heteroatoms. The van der Waals surface area contributed by atoms with E-state index in [1.54, 1.807) is 112 Å². The highest BCUT2D eigenvalue weighted by Gasteiger charge is 2.41. The lowest BCUT2D eigenvalue weighted by molar-refractivity contribution is -0.157. The number of alkyl halides is 6. The summed E-state index contributed by atoms with van der Waals surface area (Å²) in [6.45, 7) is 9.47. The number of benzene rings is 4. The highest BCUT2D eigenvalue weighted by atomic mass is 19.4. The summed E-state index contributed by atoms with van der Waals surface area (Å²) < 4.78 is 112. The molecule has 2 aliphatic rings. The molecule has 0 saturated carbocycles. The number of hydrogen-bond acceptors (Lipinski definition) is 12. The number of aromatic nitrogens is 4. The van der Waals surface area contributed by atoms with Crippen LogP contribution in [-0.2, 0) is 67.1 Å². The molecule has 3 amide bonds. The average molecular weight is 1170 g/mol. The third-order valence-corrected chi connectivity index (χ3v) is 14.1. The summed E-state index contributed by atoms with van der Waals surface area (Å²) in [6.07, 6.45) is -6.89. The lowest BCUT2D eigenvalue weighted by atomic mass is 9.90. The molecule has 2 N–H and O–H groups in total. The van der Waals surface area contributed by atoms with Gasteiger partial charge in [-0.2, -0.15) is 36.5 Å². The number of esters is 1. The predicted octanol–water partition coefficient (Wildman–Crippen LogP) is 10.6. The Morgan fingerprint density at radius 2 is 1.23 bits per heavy atom. The summed E-state index contributed by atoms with van der Waals surface area (Å²) in [6, 6.07) is 24.2. The number of carbonyl (C=O) groups excluding carboxylic acids is 4. The van der Waals surface area contributed by atoms with Gasteiger partial charge in [0.2, 0.25) is 11.8 Å². The second kappa shape index (κ2) is 25.6. The van der Waals surface area contributed by atoms with Gasteiger partial charge in [0.25, 0.3) is 0 Å². The number of amides is 3. The summed E-state index contributed by atoms with van der Waals surface area (Å²) in [4.78, 5) is 68.7. The first-order valence-corrected chi connectivity index (χ1v) is 27.3. The average Bonchev–Trinajstić information content (AvgIpc) is 2.71. The van der Waals surface area contributed by atoms with Gasteiger partial charge in [0.15, 0.2) is 11.4 Å². The minimum absolute atomic E-state index is 0.0522. The van der Waals surface area contributed by atoms with Gasteiger partial charge in [0.1, 0.15) is 42.5 Å². The summed E-state index contributed by atoms with van der Waals surface area (Å²) in [5.41, 5.74) is -0.568. The Balaban J connectivity index is 0.843. The van der Waals surface area contributed by atoms with Crippen molar-refractivity contribution in [3.05, 3.63) is 143 Å². The molecule has 6 aromatic rings. The Kier molecular flexibility index (Phi) is 18.8. The number of hydrogen-bond donors (Lipinski definition) is 2. The zero-order valence-corrected chi connectivity index (χ0v) is 47.3. The van der Waals surface area contributed by atoms with E-state index in [4.69, 9.17) is 24.1 Å². The number of carboxylic acids is 1. The van der Waals surface area contributed by atoms with Crippen LogP contribution >= 0.6 is 0 Å². The molecular formula is C60H66F6N8O10. The van der Waals surface area contributed by atoms with Gasteiger partial charge in [-0.1, -0.05) is 37.3 Å². The molecule has 18 nitrogen and oxygen atoms in total.